The highest BCUT2D eigenvalue weighted by molar-refractivity contribution is 7.99. The minimum atomic E-state index is -1.20. The Labute approximate surface area is 95.5 Å². The molecule has 0 fully saturated rings. The van der Waals surface area contributed by atoms with Crippen LogP contribution in [0.5, 0.6) is 0 Å². The van der Waals surface area contributed by atoms with E-state index in [1.807, 2.05) is 6.26 Å². The van der Waals surface area contributed by atoms with Gasteiger partial charge in [-0.15, -0.1) is 0 Å². The van der Waals surface area contributed by atoms with Gasteiger partial charge in [-0.3, -0.25) is 9.00 Å². The topological polar surface area (TPSA) is 83.5 Å². The Balaban J connectivity index is 4.10. The number of hydrogen-bond acceptors (Lipinski definition) is 4. The van der Waals surface area contributed by atoms with Gasteiger partial charge in [0, 0.05) is 29.2 Å². The molecule has 88 valence electrons. The number of nitrogens with one attached hydrogen (secondary N) is 1. The molecule has 1 amide bonds. The maximum atomic E-state index is 11.4. The molecule has 15 heavy (non-hydrogen) atoms. The lowest BCUT2D eigenvalue weighted by atomic mass is 10.3. The molecule has 0 saturated heterocycles. The van der Waals surface area contributed by atoms with Crippen molar-refractivity contribution < 1.29 is 18.9 Å². The highest BCUT2D eigenvalue weighted by atomic mass is 32.2. The van der Waals surface area contributed by atoms with Gasteiger partial charge in [0.1, 0.15) is 6.04 Å². The van der Waals surface area contributed by atoms with E-state index in [-0.39, 0.29) is 5.75 Å². The molecule has 0 saturated carbocycles. The van der Waals surface area contributed by atoms with Gasteiger partial charge in [0.25, 0.3) is 0 Å². The highest BCUT2D eigenvalue weighted by Crippen LogP contribution is 1.96. The average molecular weight is 253 g/mol. The summed E-state index contributed by atoms with van der Waals surface area (Å²) in [5.74, 6) is -0.439. The molecule has 0 aromatic heterocycles. The smallest absolute Gasteiger partial charge is 0.327 e. The quantitative estimate of drug-likeness (QED) is 0.650. The molecule has 0 aliphatic heterocycles. The standard InChI is InChI=1S/C8H15NO4S2/c1-6(10)9-7(8(11)12)5-15(13)4-3-14-2/h7H,3-5H2,1-2H3,(H,9,10)(H,11,12)/t7-,15?/m0/s1. The normalized spacial score (nSPS) is 14.3. The van der Waals surface area contributed by atoms with Crippen molar-refractivity contribution >= 4 is 34.4 Å². The molecule has 0 aliphatic carbocycles. The van der Waals surface area contributed by atoms with Crippen LogP contribution in [0.1, 0.15) is 6.92 Å². The zero-order chi connectivity index (χ0) is 11.8. The third-order valence-electron chi connectivity index (χ3n) is 1.54. The lowest BCUT2D eigenvalue weighted by molar-refractivity contribution is -0.140. The fourth-order valence-electron chi connectivity index (χ4n) is 0.866. The Morgan fingerprint density at radius 3 is 2.53 bits per heavy atom. The van der Waals surface area contributed by atoms with Crippen molar-refractivity contribution in [2.45, 2.75) is 13.0 Å². The molecule has 0 bridgehead atoms. The number of carboxylic acid groups (broad SMARTS) is 1. The predicted octanol–water partition coefficient (Wildman–Crippen LogP) is -0.313. The van der Waals surface area contributed by atoms with Crippen molar-refractivity contribution in [2.24, 2.45) is 0 Å². The molecule has 0 aliphatic rings. The van der Waals surface area contributed by atoms with E-state index in [9.17, 15) is 13.8 Å². The second-order valence-corrected chi connectivity index (χ2v) is 5.50. The Morgan fingerprint density at radius 2 is 2.13 bits per heavy atom. The summed E-state index contributed by atoms with van der Waals surface area (Å²) in [5.41, 5.74) is 0. The summed E-state index contributed by atoms with van der Waals surface area (Å²) in [6.07, 6.45) is 1.89. The van der Waals surface area contributed by atoms with Crippen molar-refractivity contribution in [1.82, 2.24) is 5.32 Å². The summed E-state index contributed by atoms with van der Waals surface area (Å²) in [6.45, 7) is 1.24. The van der Waals surface area contributed by atoms with Crippen molar-refractivity contribution in [2.75, 3.05) is 23.5 Å². The molecule has 2 atom stereocenters. The third-order valence-corrected chi connectivity index (χ3v) is 3.78. The van der Waals surface area contributed by atoms with Crippen molar-refractivity contribution in [1.29, 1.82) is 0 Å². The SMILES string of the molecule is CSCCS(=O)C[C@H](NC(C)=O)C(=O)O. The zero-order valence-electron chi connectivity index (χ0n) is 8.69. The van der Waals surface area contributed by atoms with Crippen molar-refractivity contribution in [3.63, 3.8) is 0 Å². The van der Waals surface area contributed by atoms with E-state index in [4.69, 9.17) is 5.11 Å². The molecule has 0 rings (SSSR count). The monoisotopic (exact) mass is 253 g/mol. The second-order valence-electron chi connectivity index (χ2n) is 2.89. The summed E-state index contributed by atoms with van der Waals surface area (Å²) in [6, 6.07) is -1.05. The first-order valence-corrected chi connectivity index (χ1v) is 7.19. The van der Waals surface area contributed by atoms with E-state index < -0.39 is 28.7 Å². The highest BCUT2D eigenvalue weighted by Gasteiger charge is 2.20. The number of aliphatic carboxylic acids is 1. The maximum absolute atomic E-state index is 11.4. The molecular formula is C8H15NO4S2. The molecule has 1 unspecified atom stereocenters. The number of amides is 1. The first kappa shape index (κ1) is 14.4. The summed E-state index contributed by atoms with van der Waals surface area (Å²) >= 11 is 1.55. The Morgan fingerprint density at radius 1 is 1.53 bits per heavy atom. The Bertz CT molecular complexity index is 257. The Hall–Kier alpha value is -0.560. The van der Waals surface area contributed by atoms with Crippen LogP contribution < -0.4 is 5.32 Å². The van der Waals surface area contributed by atoms with Crippen molar-refractivity contribution in [3.8, 4) is 0 Å². The molecule has 0 spiro atoms. The molecule has 0 radical (unpaired) electrons. The van der Waals surface area contributed by atoms with Crippen LogP contribution in [0.3, 0.4) is 0 Å². The molecule has 0 aromatic rings. The van der Waals surface area contributed by atoms with E-state index in [2.05, 4.69) is 5.32 Å². The van der Waals surface area contributed by atoms with Crippen LogP contribution in [0.4, 0.5) is 0 Å². The molecule has 0 heterocycles. The minimum Gasteiger partial charge on any atom is -0.480 e. The number of carboxylic acids is 1. The summed E-state index contributed by atoms with van der Waals surface area (Å²) in [7, 11) is -1.20. The summed E-state index contributed by atoms with van der Waals surface area (Å²) < 4.78 is 11.4. The number of thioether (sulfide) groups is 1. The lowest BCUT2D eigenvalue weighted by Gasteiger charge is -2.12. The van der Waals surface area contributed by atoms with Crippen LogP contribution in [0.25, 0.3) is 0 Å². The number of rotatable bonds is 7. The van der Waals surface area contributed by atoms with Gasteiger partial charge in [0.15, 0.2) is 0 Å². The number of hydrogen-bond donors (Lipinski definition) is 2. The van der Waals surface area contributed by atoms with Crippen LogP contribution >= 0.6 is 11.8 Å². The van der Waals surface area contributed by atoms with E-state index in [1.54, 1.807) is 11.8 Å². The van der Waals surface area contributed by atoms with Crippen molar-refractivity contribution in [3.05, 3.63) is 0 Å². The average Bonchev–Trinajstić information content (AvgIpc) is 2.12. The van der Waals surface area contributed by atoms with Gasteiger partial charge in [0.2, 0.25) is 5.91 Å². The second kappa shape index (κ2) is 7.70. The number of carbonyl (C=O) groups excluding carboxylic acids is 1. The van der Waals surface area contributed by atoms with E-state index in [0.717, 1.165) is 5.75 Å². The summed E-state index contributed by atoms with van der Waals surface area (Å²) in [4.78, 5) is 21.4. The van der Waals surface area contributed by atoms with E-state index in [0.29, 0.717) is 5.75 Å². The van der Waals surface area contributed by atoms with Gasteiger partial charge in [-0.05, 0) is 6.26 Å². The molecular weight excluding hydrogens is 238 g/mol. The van der Waals surface area contributed by atoms with Crippen LogP contribution in [0.15, 0.2) is 0 Å². The van der Waals surface area contributed by atoms with Gasteiger partial charge in [-0.2, -0.15) is 11.8 Å². The van der Waals surface area contributed by atoms with E-state index >= 15 is 0 Å². The first-order valence-electron chi connectivity index (χ1n) is 4.31. The molecule has 5 nitrogen and oxygen atoms in total. The van der Waals surface area contributed by atoms with Gasteiger partial charge >= 0.3 is 5.97 Å². The zero-order valence-corrected chi connectivity index (χ0v) is 10.3. The fraction of sp³-hybridized carbons (Fsp3) is 0.750. The van der Waals surface area contributed by atoms with Gasteiger partial charge in [-0.25, -0.2) is 4.79 Å². The lowest BCUT2D eigenvalue weighted by Crippen LogP contribution is -2.43. The van der Waals surface area contributed by atoms with E-state index in [1.165, 1.54) is 6.92 Å². The van der Waals surface area contributed by atoms with Crippen LogP contribution in [-0.2, 0) is 20.4 Å². The minimum absolute atomic E-state index is 0.0323. The largest absolute Gasteiger partial charge is 0.480 e. The third kappa shape index (κ3) is 7.38. The van der Waals surface area contributed by atoms with Crippen LogP contribution in [0.2, 0.25) is 0 Å². The Kier molecular flexibility index (Phi) is 7.41. The van der Waals surface area contributed by atoms with Crippen LogP contribution in [0, 0.1) is 0 Å². The van der Waals surface area contributed by atoms with Crippen LogP contribution in [-0.4, -0.2) is 50.7 Å². The molecule has 0 aromatic carbocycles. The maximum Gasteiger partial charge on any atom is 0.327 e. The molecule has 2 N–H and O–H groups in total. The molecule has 7 heteroatoms. The first-order chi connectivity index (χ1) is 6.97. The van der Waals surface area contributed by atoms with Gasteiger partial charge in [0.05, 0.1) is 5.75 Å². The van der Waals surface area contributed by atoms with Gasteiger partial charge < -0.3 is 10.4 Å². The predicted molar refractivity (Wildman–Crippen MR) is 61.5 cm³/mol. The van der Waals surface area contributed by atoms with Gasteiger partial charge in [-0.1, -0.05) is 0 Å². The number of carbonyl (C=O) groups is 2. The summed E-state index contributed by atoms with van der Waals surface area (Å²) in [5, 5.41) is 11.0. The fourth-order valence-corrected chi connectivity index (χ4v) is 3.04.